The monoisotopic (exact) mass is 302 g/mol. The van der Waals surface area contributed by atoms with E-state index in [2.05, 4.69) is 29.0 Å². The predicted octanol–water partition coefficient (Wildman–Crippen LogP) is 2.22. The predicted molar refractivity (Wildman–Crippen MR) is 88.8 cm³/mol. The lowest BCUT2D eigenvalue weighted by atomic mass is 9.90. The molecule has 0 atom stereocenters. The zero-order valence-corrected chi connectivity index (χ0v) is 13.5. The molecule has 2 saturated heterocycles. The van der Waals surface area contributed by atoms with Crippen LogP contribution >= 0.6 is 0 Å². The lowest BCUT2D eigenvalue weighted by Gasteiger charge is -2.34. The number of hydrogen-bond donors (Lipinski definition) is 0. The van der Waals surface area contributed by atoms with Crippen molar-refractivity contribution in [3.63, 3.8) is 0 Å². The van der Waals surface area contributed by atoms with Crippen LogP contribution in [0.3, 0.4) is 0 Å². The summed E-state index contributed by atoms with van der Waals surface area (Å²) in [4.78, 5) is 16.1. The number of likely N-dealkylation sites (N-methyl/N-ethyl adjacent to an activating group) is 1. The van der Waals surface area contributed by atoms with Crippen molar-refractivity contribution < 1.29 is 9.53 Å². The third-order valence-electron chi connectivity index (χ3n) is 4.97. The molecule has 0 spiro atoms. The third kappa shape index (κ3) is 3.68. The number of benzene rings is 1. The lowest BCUT2D eigenvalue weighted by molar-refractivity contribution is 0.0665. The Labute approximate surface area is 133 Å². The number of rotatable bonds is 4. The Hall–Kier alpha value is -1.39. The maximum absolute atomic E-state index is 11.4. The average molecular weight is 302 g/mol. The first-order valence-corrected chi connectivity index (χ1v) is 8.35. The number of carbonyl (C=O) groups excluding carboxylic acids is 1. The first-order chi connectivity index (χ1) is 10.8. The van der Waals surface area contributed by atoms with Gasteiger partial charge in [0.1, 0.15) is 6.29 Å². The molecule has 2 fully saturated rings. The van der Waals surface area contributed by atoms with Gasteiger partial charge >= 0.3 is 0 Å². The Bertz CT molecular complexity index is 504. The highest BCUT2D eigenvalue weighted by atomic mass is 16.5. The van der Waals surface area contributed by atoms with Crippen LogP contribution in [-0.4, -0.2) is 57.6 Å². The van der Waals surface area contributed by atoms with E-state index in [0.717, 1.165) is 70.5 Å². The largest absolute Gasteiger partial charge is 0.381 e. The van der Waals surface area contributed by atoms with Gasteiger partial charge in [0.15, 0.2) is 0 Å². The molecule has 120 valence electrons. The van der Waals surface area contributed by atoms with Gasteiger partial charge in [-0.3, -0.25) is 4.79 Å². The molecule has 0 N–H and O–H groups in total. The number of ether oxygens (including phenoxy) is 1. The Morgan fingerprint density at radius 1 is 1.18 bits per heavy atom. The molecule has 4 heteroatoms. The summed E-state index contributed by atoms with van der Waals surface area (Å²) < 4.78 is 5.44. The molecule has 0 amide bonds. The zero-order chi connectivity index (χ0) is 15.4. The van der Waals surface area contributed by atoms with Crippen LogP contribution in [0.15, 0.2) is 18.2 Å². The zero-order valence-electron chi connectivity index (χ0n) is 13.5. The SMILES string of the molecule is CN1CCN(c2ccc(C=O)c(CC3CCOCC3)c2)CC1. The minimum atomic E-state index is 0.648. The van der Waals surface area contributed by atoms with Crippen LogP contribution in [-0.2, 0) is 11.2 Å². The van der Waals surface area contributed by atoms with E-state index in [9.17, 15) is 4.79 Å². The van der Waals surface area contributed by atoms with Gasteiger partial charge in [-0.15, -0.1) is 0 Å². The molecule has 1 aromatic rings. The Kier molecular flexibility index (Phi) is 5.11. The summed E-state index contributed by atoms with van der Waals surface area (Å²) in [6.07, 6.45) is 4.22. The standard InChI is InChI=1S/C18H26N2O2/c1-19-6-8-20(9-7-19)18-3-2-16(14-21)17(13-18)12-15-4-10-22-11-5-15/h2-3,13-15H,4-12H2,1H3. The van der Waals surface area contributed by atoms with Crippen LogP contribution in [0.5, 0.6) is 0 Å². The molecule has 2 aliphatic rings. The normalized spacial score (nSPS) is 21.0. The lowest BCUT2D eigenvalue weighted by Crippen LogP contribution is -2.44. The molecule has 0 saturated carbocycles. The van der Waals surface area contributed by atoms with Crippen molar-refractivity contribution >= 4 is 12.0 Å². The molecule has 0 radical (unpaired) electrons. The van der Waals surface area contributed by atoms with Crippen molar-refractivity contribution in [1.82, 2.24) is 4.90 Å². The van der Waals surface area contributed by atoms with Gasteiger partial charge < -0.3 is 14.5 Å². The Morgan fingerprint density at radius 3 is 2.59 bits per heavy atom. The van der Waals surface area contributed by atoms with Crippen LogP contribution in [0.2, 0.25) is 0 Å². The molecule has 2 aliphatic heterocycles. The summed E-state index contributed by atoms with van der Waals surface area (Å²) in [5.74, 6) is 0.648. The molecule has 4 nitrogen and oxygen atoms in total. The fraction of sp³-hybridized carbons (Fsp3) is 0.611. The fourth-order valence-electron chi connectivity index (χ4n) is 3.41. The second-order valence-corrected chi connectivity index (χ2v) is 6.55. The first-order valence-electron chi connectivity index (χ1n) is 8.35. The number of carbonyl (C=O) groups is 1. The number of anilines is 1. The van der Waals surface area contributed by atoms with Gasteiger partial charge in [0.25, 0.3) is 0 Å². The Balaban J connectivity index is 1.75. The quantitative estimate of drug-likeness (QED) is 0.799. The average Bonchev–Trinajstić information content (AvgIpc) is 2.56. The second-order valence-electron chi connectivity index (χ2n) is 6.55. The van der Waals surface area contributed by atoms with E-state index in [-0.39, 0.29) is 0 Å². The van der Waals surface area contributed by atoms with E-state index in [4.69, 9.17) is 4.74 Å². The van der Waals surface area contributed by atoms with E-state index >= 15 is 0 Å². The van der Waals surface area contributed by atoms with Crippen molar-refractivity contribution in [3.8, 4) is 0 Å². The molecule has 0 bridgehead atoms. The van der Waals surface area contributed by atoms with E-state index in [1.807, 2.05) is 6.07 Å². The Morgan fingerprint density at radius 2 is 1.91 bits per heavy atom. The van der Waals surface area contributed by atoms with E-state index < -0.39 is 0 Å². The van der Waals surface area contributed by atoms with E-state index in [1.54, 1.807) is 0 Å². The molecule has 0 aromatic heterocycles. The molecule has 3 rings (SSSR count). The minimum absolute atomic E-state index is 0.648. The van der Waals surface area contributed by atoms with Gasteiger partial charge in [0, 0.05) is 50.6 Å². The number of hydrogen-bond acceptors (Lipinski definition) is 4. The highest BCUT2D eigenvalue weighted by Gasteiger charge is 2.18. The summed E-state index contributed by atoms with van der Waals surface area (Å²) in [5.41, 5.74) is 3.32. The van der Waals surface area contributed by atoms with Crippen molar-refractivity contribution in [2.24, 2.45) is 5.92 Å². The summed E-state index contributed by atoms with van der Waals surface area (Å²) >= 11 is 0. The molecule has 2 heterocycles. The number of piperazine rings is 1. The van der Waals surface area contributed by atoms with Crippen LogP contribution < -0.4 is 4.90 Å². The van der Waals surface area contributed by atoms with Crippen molar-refractivity contribution in [2.75, 3.05) is 51.3 Å². The van der Waals surface area contributed by atoms with E-state index in [1.165, 1.54) is 11.3 Å². The van der Waals surface area contributed by atoms with Gasteiger partial charge in [-0.05, 0) is 56.0 Å². The van der Waals surface area contributed by atoms with Gasteiger partial charge in [0.2, 0.25) is 0 Å². The summed E-state index contributed by atoms with van der Waals surface area (Å²) in [6, 6.07) is 6.34. The first kappa shape index (κ1) is 15.5. The van der Waals surface area contributed by atoms with Gasteiger partial charge in [-0.25, -0.2) is 0 Å². The summed E-state index contributed by atoms with van der Waals surface area (Å²) in [5, 5.41) is 0. The fourth-order valence-corrected chi connectivity index (χ4v) is 3.41. The van der Waals surface area contributed by atoms with Crippen molar-refractivity contribution in [1.29, 1.82) is 0 Å². The minimum Gasteiger partial charge on any atom is -0.381 e. The topological polar surface area (TPSA) is 32.8 Å². The molecular weight excluding hydrogens is 276 g/mol. The van der Waals surface area contributed by atoms with Gasteiger partial charge in [-0.2, -0.15) is 0 Å². The van der Waals surface area contributed by atoms with E-state index in [0.29, 0.717) is 5.92 Å². The van der Waals surface area contributed by atoms with Crippen molar-refractivity contribution in [3.05, 3.63) is 29.3 Å². The molecule has 0 aliphatic carbocycles. The van der Waals surface area contributed by atoms with Gasteiger partial charge in [0.05, 0.1) is 0 Å². The smallest absolute Gasteiger partial charge is 0.150 e. The second kappa shape index (κ2) is 7.25. The molecule has 1 aromatic carbocycles. The summed E-state index contributed by atoms with van der Waals surface area (Å²) in [7, 11) is 2.17. The van der Waals surface area contributed by atoms with Crippen molar-refractivity contribution in [2.45, 2.75) is 19.3 Å². The third-order valence-corrected chi connectivity index (χ3v) is 4.97. The highest BCUT2D eigenvalue weighted by molar-refractivity contribution is 5.78. The molecule has 22 heavy (non-hydrogen) atoms. The van der Waals surface area contributed by atoms with Crippen LogP contribution in [0.1, 0.15) is 28.8 Å². The van der Waals surface area contributed by atoms with Crippen LogP contribution in [0.4, 0.5) is 5.69 Å². The number of aldehydes is 1. The van der Waals surface area contributed by atoms with Gasteiger partial charge in [-0.1, -0.05) is 0 Å². The van der Waals surface area contributed by atoms with Crippen LogP contribution in [0.25, 0.3) is 0 Å². The number of nitrogens with zero attached hydrogens (tertiary/aromatic N) is 2. The maximum Gasteiger partial charge on any atom is 0.150 e. The maximum atomic E-state index is 11.4. The summed E-state index contributed by atoms with van der Waals surface area (Å²) in [6.45, 7) is 6.05. The molecule has 0 unspecified atom stereocenters. The molecular formula is C18H26N2O2. The van der Waals surface area contributed by atoms with Crippen LogP contribution in [0, 0.1) is 5.92 Å². The highest BCUT2D eigenvalue weighted by Crippen LogP contribution is 2.26.